The molecule has 0 saturated carbocycles. The van der Waals surface area contributed by atoms with Crippen molar-refractivity contribution in [1.82, 2.24) is 10.5 Å². The summed E-state index contributed by atoms with van der Waals surface area (Å²) < 4.78 is 5.61. The third-order valence-electron chi connectivity index (χ3n) is 5.64. The summed E-state index contributed by atoms with van der Waals surface area (Å²) in [6, 6.07) is 16.7. The summed E-state index contributed by atoms with van der Waals surface area (Å²) in [5.74, 6) is -0.215. The first kappa shape index (κ1) is 20.8. The number of allylic oxidation sites excluding steroid dienone is 1. The number of amides is 1. The average Bonchev–Trinajstić information content (AvgIpc) is 2.83. The summed E-state index contributed by atoms with van der Waals surface area (Å²) >= 11 is 0. The second-order valence-electron chi connectivity index (χ2n) is 7.64. The molecule has 4 rings (SSSR count). The fourth-order valence-corrected chi connectivity index (χ4v) is 4.10. The van der Waals surface area contributed by atoms with Crippen LogP contribution in [0.4, 0.5) is 0 Å². The maximum absolute atomic E-state index is 12.5. The molecule has 0 spiro atoms. The molecule has 0 aliphatic heterocycles. The van der Waals surface area contributed by atoms with Crippen LogP contribution in [0, 0.1) is 0 Å². The van der Waals surface area contributed by atoms with Crippen molar-refractivity contribution in [1.29, 1.82) is 0 Å². The quantitative estimate of drug-likeness (QED) is 0.415. The first-order valence-corrected chi connectivity index (χ1v) is 10.6. The number of rotatable bonds is 6. The molecule has 0 unspecified atom stereocenters. The number of aromatic nitrogens is 1. The van der Waals surface area contributed by atoms with Crippen LogP contribution in [0.5, 0.6) is 5.75 Å². The standard InChI is InChI=1S/C26H26N2O3/c1-3-6-17-9-11-18(12-10-17)19-13-15-20(16-14-19)24-25(31-2)23(26(29)28-30)21-7-4-5-8-22(21)27-24/h5,8-16,30H,3-4,6-7H2,1-2H3,(H,28,29). The van der Waals surface area contributed by atoms with E-state index in [4.69, 9.17) is 9.72 Å². The Morgan fingerprint density at radius 3 is 2.32 bits per heavy atom. The molecule has 2 N–H and O–H groups in total. The van der Waals surface area contributed by atoms with E-state index in [1.165, 1.54) is 12.7 Å². The SMILES string of the molecule is CCCc1ccc(-c2ccc(-c3nc4c(c(C(=O)NO)c3OC)CCC=C4)cc2)cc1. The zero-order chi connectivity index (χ0) is 21.8. The molecular formula is C26H26N2O3. The van der Waals surface area contributed by atoms with Crippen molar-refractivity contribution in [3.05, 3.63) is 77.0 Å². The van der Waals surface area contributed by atoms with Gasteiger partial charge in [0.15, 0.2) is 5.75 Å². The van der Waals surface area contributed by atoms with Crippen LogP contribution in [0.3, 0.4) is 0 Å². The van der Waals surface area contributed by atoms with Gasteiger partial charge in [-0.15, -0.1) is 0 Å². The molecule has 0 radical (unpaired) electrons. The van der Waals surface area contributed by atoms with Gasteiger partial charge < -0.3 is 4.74 Å². The van der Waals surface area contributed by atoms with Gasteiger partial charge in [0.2, 0.25) is 0 Å². The number of fused-ring (bicyclic) bond motifs is 1. The number of hydroxylamine groups is 1. The molecule has 0 atom stereocenters. The van der Waals surface area contributed by atoms with Crippen molar-refractivity contribution in [3.63, 3.8) is 0 Å². The van der Waals surface area contributed by atoms with Crippen molar-refractivity contribution >= 4 is 12.0 Å². The first-order chi connectivity index (χ1) is 15.2. The van der Waals surface area contributed by atoms with Gasteiger partial charge in [-0.1, -0.05) is 68.0 Å². The van der Waals surface area contributed by atoms with Gasteiger partial charge >= 0.3 is 0 Å². The zero-order valence-corrected chi connectivity index (χ0v) is 17.8. The molecule has 0 bridgehead atoms. The minimum Gasteiger partial charge on any atom is -0.494 e. The number of ether oxygens (including phenoxy) is 1. The summed E-state index contributed by atoms with van der Waals surface area (Å²) in [5, 5.41) is 9.29. The molecule has 0 fully saturated rings. The van der Waals surface area contributed by atoms with E-state index in [1.54, 1.807) is 5.48 Å². The summed E-state index contributed by atoms with van der Waals surface area (Å²) in [6.45, 7) is 2.18. The largest absolute Gasteiger partial charge is 0.494 e. The van der Waals surface area contributed by atoms with Gasteiger partial charge in [-0.2, -0.15) is 0 Å². The smallest absolute Gasteiger partial charge is 0.278 e. The lowest BCUT2D eigenvalue weighted by Gasteiger charge is -2.20. The molecule has 1 amide bonds. The predicted molar refractivity (Wildman–Crippen MR) is 122 cm³/mol. The topological polar surface area (TPSA) is 71.5 Å². The van der Waals surface area contributed by atoms with E-state index in [1.807, 2.05) is 36.4 Å². The third kappa shape index (κ3) is 4.09. The molecular weight excluding hydrogens is 388 g/mol. The van der Waals surface area contributed by atoms with Crippen molar-refractivity contribution in [2.24, 2.45) is 0 Å². The number of carbonyl (C=O) groups is 1. The van der Waals surface area contributed by atoms with Gasteiger partial charge in [-0.05, 0) is 47.6 Å². The normalized spacial score (nSPS) is 12.4. The maximum Gasteiger partial charge on any atom is 0.278 e. The molecule has 3 aromatic rings. The Morgan fingerprint density at radius 2 is 1.71 bits per heavy atom. The Bertz CT molecular complexity index is 1120. The van der Waals surface area contributed by atoms with Crippen LogP contribution in [0.1, 0.15) is 46.9 Å². The van der Waals surface area contributed by atoms with Crippen molar-refractivity contribution < 1.29 is 14.7 Å². The highest BCUT2D eigenvalue weighted by Crippen LogP contribution is 2.37. The van der Waals surface area contributed by atoms with Crippen LogP contribution >= 0.6 is 0 Å². The molecule has 1 heterocycles. The van der Waals surface area contributed by atoms with E-state index < -0.39 is 5.91 Å². The summed E-state index contributed by atoms with van der Waals surface area (Å²) in [7, 11) is 1.52. The van der Waals surface area contributed by atoms with Crippen LogP contribution < -0.4 is 10.2 Å². The lowest BCUT2D eigenvalue weighted by atomic mass is 9.93. The van der Waals surface area contributed by atoms with Crippen LogP contribution in [0.2, 0.25) is 0 Å². The van der Waals surface area contributed by atoms with E-state index in [9.17, 15) is 10.0 Å². The highest BCUT2D eigenvalue weighted by molar-refractivity contribution is 6.00. The first-order valence-electron chi connectivity index (χ1n) is 10.6. The molecule has 0 saturated heterocycles. The second kappa shape index (κ2) is 9.14. The molecule has 5 nitrogen and oxygen atoms in total. The van der Waals surface area contributed by atoms with E-state index in [0.29, 0.717) is 23.4 Å². The monoisotopic (exact) mass is 414 g/mol. The van der Waals surface area contributed by atoms with Crippen molar-refractivity contribution in [3.8, 4) is 28.1 Å². The maximum atomic E-state index is 12.5. The second-order valence-corrected chi connectivity index (χ2v) is 7.64. The summed E-state index contributed by atoms with van der Waals surface area (Å²) in [4.78, 5) is 17.3. The minimum atomic E-state index is -0.587. The number of hydrogen-bond acceptors (Lipinski definition) is 4. The Labute approximate surface area is 182 Å². The fourth-order valence-electron chi connectivity index (χ4n) is 4.10. The Hall–Kier alpha value is -3.44. The number of carbonyl (C=O) groups excluding carboxylic acids is 1. The third-order valence-corrected chi connectivity index (χ3v) is 5.64. The Kier molecular flexibility index (Phi) is 6.14. The lowest BCUT2D eigenvalue weighted by Crippen LogP contribution is -2.23. The molecule has 5 heteroatoms. The number of methoxy groups -OCH3 is 1. The average molecular weight is 415 g/mol. The van der Waals surface area contributed by atoms with Gasteiger partial charge in [0, 0.05) is 5.56 Å². The predicted octanol–water partition coefficient (Wildman–Crippen LogP) is 5.46. The van der Waals surface area contributed by atoms with Crippen LogP contribution in [0.15, 0.2) is 54.6 Å². The van der Waals surface area contributed by atoms with Gasteiger partial charge in [-0.3, -0.25) is 10.0 Å². The molecule has 31 heavy (non-hydrogen) atoms. The van der Waals surface area contributed by atoms with Crippen molar-refractivity contribution in [2.75, 3.05) is 7.11 Å². The molecule has 1 aliphatic carbocycles. The molecule has 158 valence electrons. The minimum absolute atomic E-state index is 0.338. The van der Waals surface area contributed by atoms with E-state index in [2.05, 4.69) is 31.2 Å². The van der Waals surface area contributed by atoms with Crippen molar-refractivity contribution in [2.45, 2.75) is 32.6 Å². The van der Waals surface area contributed by atoms with E-state index >= 15 is 0 Å². The summed E-state index contributed by atoms with van der Waals surface area (Å²) in [5.41, 5.74) is 8.65. The number of hydrogen-bond donors (Lipinski definition) is 2. The van der Waals surface area contributed by atoms with Crippen LogP contribution in [-0.4, -0.2) is 23.2 Å². The van der Waals surface area contributed by atoms with E-state index in [0.717, 1.165) is 47.2 Å². The zero-order valence-electron chi connectivity index (χ0n) is 17.8. The molecule has 2 aromatic carbocycles. The highest BCUT2D eigenvalue weighted by atomic mass is 16.5. The van der Waals surface area contributed by atoms with Gasteiger partial charge in [0.1, 0.15) is 5.69 Å². The molecule has 1 aliphatic rings. The van der Waals surface area contributed by atoms with Crippen LogP contribution in [-0.2, 0) is 12.8 Å². The fraction of sp³-hybridized carbons (Fsp3) is 0.231. The summed E-state index contributed by atoms with van der Waals surface area (Å²) in [6.07, 6.45) is 7.66. The number of nitrogens with one attached hydrogen (secondary N) is 1. The van der Waals surface area contributed by atoms with Gasteiger partial charge in [0.05, 0.1) is 18.4 Å². The van der Waals surface area contributed by atoms with Gasteiger partial charge in [-0.25, -0.2) is 10.5 Å². The highest BCUT2D eigenvalue weighted by Gasteiger charge is 2.26. The van der Waals surface area contributed by atoms with E-state index in [-0.39, 0.29) is 0 Å². The Balaban J connectivity index is 1.76. The van der Waals surface area contributed by atoms with Crippen LogP contribution in [0.25, 0.3) is 28.5 Å². The van der Waals surface area contributed by atoms with Gasteiger partial charge in [0.25, 0.3) is 5.91 Å². The number of nitrogens with zero attached hydrogens (tertiary/aromatic N) is 1. The number of pyridine rings is 1. The Morgan fingerprint density at radius 1 is 1.06 bits per heavy atom. The number of benzene rings is 2. The molecule has 1 aromatic heterocycles. The lowest BCUT2D eigenvalue weighted by molar-refractivity contribution is 0.0702. The number of aryl methyl sites for hydroxylation is 1.